The minimum absolute atomic E-state index is 0.202. The van der Waals surface area contributed by atoms with E-state index in [9.17, 15) is 8.42 Å². The summed E-state index contributed by atoms with van der Waals surface area (Å²) in [6, 6.07) is 6.12. The molecule has 110 valence electrons. The maximum absolute atomic E-state index is 12.6. The lowest BCUT2D eigenvalue weighted by atomic mass is 10.1. The fourth-order valence-corrected chi connectivity index (χ4v) is 4.87. The number of halogens is 1. The van der Waals surface area contributed by atoms with Crippen LogP contribution in [-0.4, -0.2) is 31.9 Å². The van der Waals surface area contributed by atoms with E-state index in [1.807, 2.05) is 6.92 Å². The van der Waals surface area contributed by atoms with E-state index in [0.717, 1.165) is 0 Å². The zero-order chi connectivity index (χ0) is 15.0. The second-order valence-corrected chi connectivity index (χ2v) is 7.86. The number of thiocarbonyl (C=S) groups is 1. The predicted octanol–water partition coefficient (Wildman–Crippen LogP) is 2.20. The van der Waals surface area contributed by atoms with Crippen LogP contribution in [-0.2, 0) is 14.6 Å². The Hall–Kier alpha value is -0.690. The monoisotopic (exact) mass is 333 g/mol. The molecule has 2 N–H and O–H groups in total. The van der Waals surface area contributed by atoms with E-state index in [4.69, 9.17) is 34.3 Å². The average Bonchev–Trinajstić information content (AvgIpc) is 3.14. The van der Waals surface area contributed by atoms with Crippen molar-refractivity contribution in [2.75, 3.05) is 13.2 Å². The van der Waals surface area contributed by atoms with Crippen molar-refractivity contribution in [1.29, 1.82) is 0 Å². The number of rotatable bonds is 6. The highest BCUT2D eigenvalue weighted by Crippen LogP contribution is 2.53. The third kappa shape index (κ3) is 2.70. The van der Waals surface area contributed by atoms with Crippen LogP contribution >= 0.6 is 23.8 Å². The number of benzene rings is 1. The van der Waals surface area contributed by atoms with Gasteiger partial charge in [0.1, 0.15) is 0 Å². The first-order valence-corrected chi connectivity index (χ1v) is 8.55. The summed E-state index contributed by atoms with van der Waals surface area (Å²) in [7, 11) is -3.47. The third-order valence-corrected chi connectivity index (χ3v) is 6.53. The Bertz CT molecular complexity index is 615. The van der Waals surface area contributed by atoms with Crippen LogP contribution in [0, 0.1) is 5.41 Å². The van der Waals surface area contributed by atoms with Crippen molar-refractivity contribution in [2.45, 2.75) is 23.5 Å². The van der Waals surface area contributed by atoms with E-state index in [-0.39, 0.29) is 16.5 Å². The lowest BCUT2D eigenvalue weighted by Crippen LogP contribution is -2.33. The molecule has 1 aliphatic rings. The van der Waals surface area contributed by atoms with Gasteiger partial charge in [-0.05, 0) is 37.6 Å². The number of ether oxygens (including phenoxy) is 1. The fraction of sp³-hybridized carbons (Fsp3) is 0.462. The average molecular weight is 334 g/mol. The molecule has 1 aromatic carbocycles. The molecule has 7 heteroatoms. The van der Waals surface area contributed by atoms with Crippen molar-refractivity contribution in [3.05, 3.63) is 29.3 Å². The van der Waals surface area contributed by atoms with Crippen LogP contribution in [0.4, 0.5) is 0 Å². The van der Waals surface area contributed by atoms with Gasteiger partial charge in [-0.1, -0.05) is 23.8 Å². The van der Waals surface area contributed by atoms with E-state index < -0.39 is 20.5 Å². The Balaban J connectivity index is 2.28. The van der Waals surface area contributed by atoms with Crippen molar-refractivity contribution >= 4 is 38.6 Å². The zero-order valence-corrected chi connectivity index (χ0v) is 13.4. The molecule has 1 aromatic rings. The molecule has 0 heterocycles. The smallest absolute Gasteiger partial charge is 0.182 e. The lowest BCUT2D eigenvalue weighted by Gasteiger charge is -2.15. The van der Waals surface area contributed by atoms with Gasteiger partial charge in [0, 0.05) is 11.6 Å². The van der Waals surface area contributed by atoms with Crippen molar-refractivity contribution in [1.82, 2.24) is 0 Å². The van der Waals surface area contributed by atoms with Gasteiger partial charge in [0.15, 0.2) is 9.84 Å². The number of sulfone groups is 1. The van der Waals surface area contributed by atoms with Gasteiger partial charge >= 0.3 is 0 Å². The predicted molar refractivity (Wildman–Crippen MR) is 82.8 cm³/mol. The molecule has 0 amide bonds. The van der Waals surface area contributed by atoms with Crippen molar-refractivity contribution in [3.63, 3.8) is 0 Å². The Morgan fingerprint density at radius 3 is 2.60 bits per heavy atom. The molecule has 2 rings (SSSR count). The molecule has 1 fully saturated rings. The summed E-state index contributed by atoms with van der Waals surface area (Å²) in [4.78, 5) is 0.440. The molecule has 0 radical (unpaired) electrons. The molecule has 0 unspecified atom stereocenters. The normalized spacial score (nSPS) is 25.4. The number of hydrogen-bond acceptors (Lipinski definition) is 4. The molecule has 20 heavy (non-hydrogen) atoms. The van der Waals surface area contributed by atoms with Gasteiger partial charge in [-0.2, -0.15) is 0 Å². The SMILES string of the molecule is CCOC[C@]1(C(N)=S)C[C@@H]1S(=O)(=O)c1ccc(Cl)cc1. The first kappa shape index (κ1) is 15.7. The van der Waals surface area contributed by atoms with E-state index in [1.165, 1.54) is 12.1 Å². The summed E-state index contributed by atoms with van der Waals surface area (Å²) in [6.45, 7) is 2.59. The number of hydrogen-bond donors (Lipinski definition) is 1. The van der Waals surface area contributed by atoms with Gasteiger partial charge in [0.25, 0.3) is 0 Å². The second-order valence-electron chi connectivity index (χ2n) is 4.85. The molecule has 1 aliphatic carbocycles. The molecule has 0 aromatic heterocycles. The molecule has 2 atom stereocenters. The largest absolute Gasteiger partial charge is 0.393 e. The van der Waals surface area contributed by atoms with Crippen LogP contribution < -0.4 is 5.73 Å². The zero-order valence-electron chi connectivity index (χ0n) is 11.0. The highest BCUT2D eigenvalue weighted by Gasteiger charge is 2.63. The summed E-state index contributed by atoms with van der Waals surface area (Å²) >= 11 is 10.8. The molecular weight excluding hydrogens is 318 g/mol. The van der Waals surface area contributed by atoms with Gasteiger partial charge < -0.3 is 10.5 Å². The Labute approximate surface area is 129 Å². The maximum atomic E-state index is 12.6. The second kappa shape index (κ2) is 5.60. The quantitative estimate of drug-likeness (QED) is 0.808. The first-order chi connectivity index (χ1) is 9.34. The molecule has 0 bridgehead atoms. The van der Waals surface area contributed by atoms with Crippen LogP contribution in [0.25, 0.3) is 0 Å². The van der Waals surface area contributed by atoms with E-state index in [0.29, 0.717) is 18.1 Å². The van der Waals surface area contributed by atoms with E-state index >= 15 is 0 Å². The third-order valence-electron chi connectivity index (χ3n) is 3.58. The summed E-state index contributed by atoms with van der Waals surface area (Å²) in [6.07, 6.45) is 0.410. The van der Waals surface area contributed by atoms with E-state index in [2.05, 4.69) is 0 Å². The van der Waals surface area contributed by atoms with Gasteiger partial charge in [0.2, 0.25) is 0 Å². The topological polar surface area (TPSA) is 69.4 Å². The van der Waals surface area contributed by atoms with Crippen LogP contribution in [0.3, 0.4) is 0 Å². The van der Waals surface area contributed by atoms with Crippen LogP contribution in [0.5, 0.6) is 0 Å². The van der Waals surface area contributed by atoms with Crippen LogP contribution in [0.1, 0.15) is 13.3 Å². The van der Waals surface area contributed by atoms with Crippen LogP contribution in [0.15, 0.2) is 29.2 Å². The minimum Gasteiger partial charge on any atom is -0.393 e. The van der Waals surface area contributed by atoms with Gasteiger partial charge in [-0.25, -0.2) is 8.42 Å². The molecule has 0 aliphatic heterocycles. The fourth-order valence-electron chi connectivity index (χ4n) is 2.23. The van der Waals surface area contributed by atoms with E-state index in [1.54, 1.807) is 12.1 Å². The summed E-state index contributed by atoms with van der Waals surface area (Å²) < 4.78 is 30.5. The maximum Gasteiger partial charge on any atom is 0.182 e. The minimum atomic E-state index is -3.47. The van der Waals surface area contributed by atoms with Crippen molar-refractivity contribution in [3.8, 4) is 0 Å². The van der Waals surface area contributed by atoms with Gasteiger partial charge in [-0.3, -0.25) is 0 Å². The summed E-state index contributed by atoms with van der Waals surface area (Å²) in [5.74, 6) is 0. The lowest BCUT2D eigenvalue weighted by molar-refractivity contribution is 0.123. The van der Waals surface area contributed by atoms with Crippen molar-refractivity contribution in [2.24, 2.45) is 11.1 Å². The molecule has 1 saturated carbocycles. The first-order valence-electron chi connectivity index (χ1n) is 6.21. The standard InChI is InChI=1S/C13H16ClNO3S2/c1-2-18-8-13(12(15)19)7-11(13)20(16,17)10-5-3-9(14)4-6-10/h3-6,11H,2,7-8H2,1H3,(H2,15,19)/t11-,13+/m0/s1. The van der Waals surface area contributed by atoms with Gasteiger partial charge in [0.05, 0.1) is 27.2 Å². The summed E-state index contributed by atoms with van der Waals surface area (Å²) in [5.41, 5.74) is 5.00. The summed E-state index contributed by atoms with van der Waals surface area (Å²) in [5, 5.41) is -0.116. The Kier molecular flexibility index (Phi) is 4.39. The van der Waals surface area contributed by atoms with Crippen LogP contribution in [0.2, 0.25) is 5.02 Å². The Morgan fingerprint density at radius 2 is 2.10 bits per heavy atom. The molecule has 0 saturated heterocycles. The number of nitrogens with two attached hydrogens (primary N) is 1. The highest BCUT2D eigenvalue weighted by atomic mass is 35.5. The Morgan fingerprint density at radius 1 is 1.50 bits per heavy atom. The van der Waals surface area contributed by atoms with Gasteiger partial charge in [-0.15, -0.1) is 0 Å². The molecular formula is C13H16ClNO3S2. The molecule has 0 spiro atoms. The highest BCUT2D eigenvalue weighted by molar-refractivity contribution is 7.92. The molecule has 4 nitrogen and oxygen atoms in total. The van der Waals surface area contributed by atoms with Crippen molar-refractivity contribution < 1.29 is 13.2 Å².